The Bertz CT molecular complexity index is 979. The fourth-order valence-corrected chi connectivity index (χ4v) is 2.63. The van der Waals surface area contributed by atoms with Crippen molar-refractivity contribution in [2.24, 2.45) is 0 Å². The smallest absolute Gasteiger partial charge is 0.234 e. The average Bonchev–Trinajstić information content (AvgIpc) is 3.07. The highest BCUT2D eigenvalue weighted by molar-refractivity contribution is 5.77. The van der Waals surface area contributed by atoms with Crippen LogP contribution in [0.3, 0.4) is 0 Å². The fraction of sp³-hybridized carbons (Fsp3) is 0.0556. The van der Waals surface area contributed by atoms with Gasteiger partial charge in [-0.05, 0) is 29.8 Å². The number of halogens is 1. The highest BCUT2D eigenvalue weighted by Gasteiger charge is 2.15. The zero-order valence-electron chi connectivity index (χ0n) is 13.0. The number of rotatable bonds is 3. The first-order valence-corrected chi connectivity index (χ1v) is 7.47. The van der Waals surface area contributed by atoms with E-state index in [4.69, 9.17) is 0 Å². The molecule has 0 saturated carbocycles. The van der Waals surface area contributed by atoms with E-state index in [1.807, 2.05) is 42.3 Å². The molecule has 6 heteroatoms. The van der Waals surface area contributed by atoms with Gasteiger partial charge < -0.3 is 4.90 Å². The predicted molar refractivity (Wildman–Crippen MR) is 90.7 cm³/mol. The number of benzene rings is 2. The number of fused-ring (bicyclic) bond motifs is 1. The number of hydrogen-bond acceptors (Lipinski definition) is 4. The summed E-state index contributed by atoms with van der Waals surface area (Å²) < 4.78 is 14.8. The van der Waals surface area contributed by atoms with Crippen molar-refractivity contribution < 1.29 is 4.39 Å². The Hall–Kier alpha value is -3.28. The zero-order valence-corrected chi connectivity index (χ0v) is 13.0. The third-order valence-corrected chi connectivity index (χ3v) is 3.89. The molecule has 0 spiro atoms. The summed E-state index contributed by atoms with van der Waals surface area (Å²) in [5.74, 6) is 0.383. The summed E-state index contributed by atoms with van der Waals surface area (Å²) in [5, 5.41) is 4.42. The van der Waals surface area contributed by atoms with Crippen LogP contribution in [0.4, 0.5) is 16.0 Å². The molecule has 2 heterocycles. The molecule has 0 saturated heterocycles. The van der Waals surface area contributed by atoms with Gasteiger partial charge in [-0.25, -0.2) is 14.4 Å². The van der Waals surface area contributed by atoms with Crippen LogP contribution >= 0.6 is 0 Å². The molecule has 0 bridgehead atoms. The van der Waals surface area contributed by atoms with E-state index >= 15 is 0 Å². The molecule has 0 atom stereocenters. The SMILES string of the molecule is CN(c1ccccc1)c1ncnc2c(-c3ccc(F)cc3)cnn12. The van der Waals surface area contributed by atoms with E-state index < -0.39 is 0 Å². The number of para-hydroxylation sites is 1. The molecule has 4 rings (SSSR count). The number of aromatic nitrogens is 4. The van der Waals surface area contributed by atoms with Crippen molar-refractivity contribution in [3.05, 3.63) is 72.9 Å². The molecule has 4 aromatic rings. The van der Waals surface area contributed by atoms with Gasteiger partial charge in [0.15, 0.2) is 5.65 Å². The lowest BCUT2D eigenvalue weighted by Crippen LogP contribution is -2.16. The summed E-state index contributed by atoms with van der Waals surface area (Å²) in [6.07, 6.45) is 3.23. The Morgan fingerprint density at radius 2 is 1.71 bits per heavy atom. The Labute approximate surface area is 138 Å². The Balaban J connectivity index is 1.83. The quantitative estimate of drug-likeness (QED) is 0.578. The maximum Gasteiger partial charge on any atom is 0.234 e. The minimum atomic E-state index is -0.269. The molecule has 0 fully saturated rings. The van der Waals surface area contributed by atoms with Gasteiger partial charge in [0.25, 0.3) is 0 Å². The van der Waals surface area contributed by atoms with E-state index in [-0.39, 0.29) is 5.82 Å². The lowest BCUT2D eigenvalue weighted by molar-refractivity contribution is 0.628. The summed E-state index contributed by atoms with van der Waals surface area (Å²) in [4.78, 5) is 10.6. The Kier molecular flexibility index (Phi) is 3.42. The maximum atomic E-state index is 13.1. The van der Waals surface area contributed by atoms with E-state index in [0.717, 1.165) is 16.8 Å². The van der Waals surface area contributed by atoms with Crippen LogP contribution in [-0.4, -0.2) is 26.6 Å². The third-order valence-electron chi connectivity index (χ3n) is 3.89. The van der Waals surface area contributed by atoms with E-state index in [0.29, 0.717) is 11.6 Å². The maximum absolute atomic E-state index is 13.1. The number of hydrogen-bond donors (Lipinski definition) is 0. The van der Waals surface area contributed by atoms with Crippen molar-refractivity contribution in [1.29, 1.82) is 0 Å². The van der Waals surface area contributed by atoms with Crippen molar-refractivity contribution >= 4 is 17.3 Å². The summed E-state index contributed by atoms with van der Waals surface area (Å²) in [6.45, 7) is 0. The van der Waals surface area contributed by atoms with Crippen LogP contribution in [0.15, 0.2) is 67.1 Å². The molecule has 0 aliphatic carbocycles. The fourth-order valence-electron chi connectivity index (χ4n) is 2.63. The number of anilines is 2. The molecular weight excluding hydrogens is 305 g/mol. The lowest BCUT2D eigenvalue weighted by atomic mass is 10.1. The molecule has 0 unspecified atom stereocenters. The second-order valence-electron chi connectivity index (χ2n) is 5.37. The topological polar surface area (TPSA) is 46.3 Å². The second kappa shape index (κ2) is 5.73. The van der Waals surface area contributed by atoms with Crippen molar-refractivity contribution in [3.63, 3.8) is 0 Å². The van der Waals surface area contributed by atoms with Crippen molar-refractivity contribution in [3.8, 4) is 11.1 Å². The second-order valence-corrected chi connectivity index (χ2v) is 5.37. The molecule has 0 N–H and O–H groups in total. The molecule has 5 nitrogen and oxygen atoms in total. The van der Waals surface area contributed by atoms with Crippen LogP contribution < -0.4 is 4.90 Å². The predicted octanol–water partition coefficient (Wildman–Crippen LogP) is 3.70. The van der Waals surface area contributed by atoms with E-state index in [9.17, 15) is 4.39 Å². The molecule has 2 aromatic carbocycles. The molecule has 0 aliphatic rings. The minimum absolute atomic E-state index is 0.269. The van der Waals surface area contributed by atoms with Gasteiger partial charge in [0.2, 0.25) is 5.95 Å². The van der Waals surface area contributed by atoms with Gasteiger partial charge in [0.05, 0.1) is 6.20 Å². The van der Waals surface area contributed by atoms with E-state index in [1.165, 1.54) is 18.5 Å². The van der Waals surface area contributed by atoms with Gasteiger partial charge in [0.1, 0.15) is 12.1 Å². The van der Waals surface area contributed by atoms with Gasteiger partial charge in [-0.2, -0.15) is 9.61 Å². The lowest BCUT2D eigenvalue weighted by Gasteiger charge is -2.18. The van der Waals surface area contributed by atoms with E-state index in [1.54, 1.807) is 22.8 Å². The van der Waals surface area contributed by atoms with Gasteiger partial charge in [0, 0.05) is 18.3 Å². The van der Waals surface area contributed by atoms with Crippen LogP contribution in [0.25, 0.3) is 16.8 Å². The van der Waals surface area contributed by atoms with Crippen LogP contribution in [0.1, 0.15) is 0 Å². The van der Waals surface area contributed by atoms with Crippen molar-refractivity contribution in [2.45, 2.75) is 0 Å². The van der Waals surface area contributed by atoms with Gasteiger partial charge in [-0.1, -0.05) is 30.3 Å². The average molecular weight is 319 g/mol. The monoisotopic (exact) mass is 319 g/mol. The molecule has 0 amide bonds. The van der Waals surface area contributed by atoms with Crippen molar-refractivity contribution in [1.82, 2.24) is 19.6 Å². The first-order valence-electron chi connectivity index (χ1n) is 7.47. The summed E-state index contributed by atoms with van der Waals surface area (Å²) in [5.41, 5.74) is 3.37. The summed E-state index contributed by atoms with van der Waals surface area (Å²) >= 11 is 0. The van der Waals surface area contributed by atoms with Crippen molar-refractivity contribution in [2.75, 3.05) is 11.9 Å². The van der Waals surface area contributed by atoms with Gasteiger partial charge in [-0.3, -0.25) is 0 Å². The summed E-state index contributed by atoms with van der Waals surface area (Å²) in [6, 6.07) is 16.2. The molecule has 0 radical (unpaired) electrons. The molecule has 24 heavy (non-hydrogen) atoms. The third kappa shape index (κ3) is 2.38. The summed E-state index contributed by atoms with van der Waals surface area (Å²) in [7, 11) is 1.93. The molecule has 2 aromatic heterocycles. The highest BCUT2D eigenvalue weighted by Crippen LogP contribution is 2.27. The first kappa shape index (κ1) is 14.3. The van der Waals surface area contributed by atoms with Crippen LogP contribution in [-0.2, 0) is 0 Å². The minimum Gasteiger partial charge on any atom is -0.313 e. The molecule has 0 aliphatic heterocycles. The van der Waals surface area contributed by atoms with Gasteiger partial charge in [-0.15, -0.1) is 0 Å². The first-order chi connectivity index (χ1) is 11.7. The van der Waals surface area contributed by atoms with E-state index in [2.05, 4.69) is 15.1 Å². The van der Waals surface area contributed by atoms with Crippen LogP contribution in [0.2, 0.25) is 0 Å². The Morgan fingerprint density at radius 3 is 2.46 bits per heavy atom. The van der Waals surface area contributed by atoms with Crippen LogP contribution in [0.5, 0.6) is 0 Å². The van der Waals surface area contributed by atoms with Crippen LogP contribution in [0, 0.1) is 5.82 Å². The largest absolute Gasteiger partial charge is 0.313 e. The standard InChI is InChI=1S/C18H14FN5/c1-23(15-5-3-2-4-6-15)18-21-12-20-17-16(11-22-24(17)18)13-7-9-14(19)10-8-13/h2-12H,1H3. The molecular formula is C18H14FN5. The zero-order chi connectivity index (χ0) is 16.5. The number of nitrogens with zero attached hydrogens (tertiary/aromatic N) is 5. The molecule has 118 valence electrons. The Morgan fingerprint density at radius 1 is 0.958 bits per heavy atom. The van der Waals surface area contributed by atoms with Gasteiger partial charge >= 0.3 is 0 Å². The normalized spacial score (nSPS) is 10.9. The highest BCUT2D eigenvalue weighted by atomic mass is 19.1.